The third-order valence-corrected chi connectivity index (χ3v) is 7.24. The quantitative estimate of drug-likeness (QED) is 0.218. The van der Waals surface area contributed by atoms with Crippen LogP contribution < -0.4 is 4.90 Å². The molecule has 1 fully saturated rings. The molecule has 172 valence electrons. The van der Waals surface area contributed by atoms with Crippen LogP contribution in [-0.2, 0) is 9.59 Å². The Labute approximate surface area is 204 Å². The fourth-order valence-electron chi connectivity index (χ4n) is 4.63. The molecule has 0 bridgehead atoms. The first-order chi connectivity index (χ1) is 16.9. The van der Waals surface area contributed by atoms with Crippen molar-refractivity contribution in [3.8, 4) is 0 Å². The van der Waals surface area contributed by atoms with Gasteiger partial charge < -0.3 is 5.11 Å². The van der Waals surface area contributed by atoms with Gasteiger partial charge in [0.25, 0.3) is 5.78 Å². The van der Waals surface area contributed by atoms with E-state index >= 15 is 0 Å². The normalized spacial score (nSPS) is 17.7. The molecular formula is C27H20N4O3S. The topological polar surface area (TPSA) is 87.8 Å². The van der Waals surface area contributed by atoms with Crippen LogP contribution in [0, 0.1) is 13.8 Å². The Morgan fingerprint density at radius 3 is 2.54 bits per heavy atom. The van der Waals surface area contributed by atoms with E-state index in [1.165, 1.54) is 16.2 Å². The van der Waals surface area contributed by atoms with Crippen molar-refractivity contribution in [1.82, 2.24) is 14.4 Å². The predicted octanol–water partition coefficient (Wildman–Crippen LogP) is 5.19. The second-order valence-electron chi connectivity index (χ2n) is 8.52. The minimum Gasteiger partial charge on any atom is -0.505 e. The molecule has 35 heavy (non-hydrogen) atoms. The third kappa shape index (κ3) is 3.25. The van der Waals surface area contributed by atoms with Gasteiger partial charge in [0.2, 0.25) is 0 Å². The van der Waals surface area contributed by atoms with E-state index in [1.807, 2.05) is 73.7 Å². The van der Waals surface area contributed by atoms with E-state index in [2.05, 4.69) is 9.97 Å². The highest BCUT2D eigenvalue weighted by Crippen LogP contribution is 2.44. The van der Waals surface area contributed by atoms with Gasteiger partial charge in [-0.15, -0.1) is 0 Å². The van der Waals surface area contributed by atoms with Gasteiger partial charge in [-0.2, -0.15) is 0 Å². The Balaban J connectivity index is 1.61. The monoisotopic (exact) mass is 480 g/mol. The summed E-state index contributed by atoms with van der Waals surface area (Å²) in [5.41, 5.74) is 4.14. The van der Waals surface area contributed by atoms with E-state index in [9.17, 15) is 14.7 Å². The molecule has 1 saturated heterocycles. The number of benzene rings is 2. The summed E-state index contributed by atoms with van der Waals surface area (Å²) in [4.78, 5) is 37.5. The first-order valence-corrected chi connectivity index (χ1v) is 11.9. The van der Waals surface area contributed by atoms with E-state index in [0.717, 1.165) is 15.8 Å². The maximum atomic E-state index is 13.5. The molecule has 8 heteroatoms. The lowest BCUT2D eigenvalue weighted by molar-refractivity contribution is -0.132. The summed E-state index contributed by atoms with van der Waals surface area (Å²) in [5, 5.41) is 12.0. The molecule has 6 rings (SSSR count). The zero-order chi connectivity index (χ0) is 24.3. The van der Waals surface area contributed by atoms with Gasteiger partial charge in [0.1, 0.15) is 11.3 Å². The van der Waals surface area contributed by atoms with Crippen LogP contribution in [0.1, 0.15) is 28.6 Å². The van der Waals surface area contributed by atoms with E-state index in [4.69, 9.17) is 0 Å². The van der Waals surface area contributed by atoms with Crippen molar-refractivity contribution in [3.63, 3.8) is 0 Å². The molecule has 0 radical (unpaired) electrons. The van der Waals surface area contributed by atoms with E-state index in [0.29, 0.717) is 27.7 Å². The number of rotatable bonds is 3. The van der Waals surface area contributed by atoms with Crippen molar-refractivity contribution in [2.75, 3.05) is 4.90 Å². The van der Waals surface area contributed by atoms with Crippen molar-refractivity contribution in [3.05, 3.63) is 101 Å². The number of carbonyl (C=O) groups is 2. The zero-order valence-corrected chi connectivity index (χ0v) is 19.8. The number of aliphatic hydroxyl groups excluding tert-OH is 1. The standard InChI is InChI=1S/C27H20N4O3S/c1-15-11-12-18-19(14-15)35-27(29-18)31-23(17-8-4-3-5-9-17)21(25(33)26(31)34)24(32)22-16(2)28-20-10-6-7-13-30(20)22/h3-14,23,32H,1-2H3/b24-21+. The molecule has 5 aromatic rings. The van der Waals surface area contributed by atoms with Gasteiger partial charge in [-0.1, -0.05) is 53.8 Å². The van der Waals surface area contributed by atoms with Crippen molar-refractivity contribution in [2.24, 2.45) is 0 Å². The van der Waals surface area contributed by atoms with E-state index in [1.54, 1.807) is 17.5 Å². The Morgan fingerprint density at radius 1 is 0.971 bits per heavy atom. The molecule has 1 aliphatic heterocycles. The smallest absolute Gasteiger partial charge is 0.301 e. The molecule has 1 unspecified atom stereocenters. The van der Waals surface area contributed by atoms with Crippen LogP contribution in [0.3, 0.4) is 0 Å². The number of fused-ring (bicyclic) bond motifs is 2. The summed E-state index contributed by atoms with van der Waals surface area (Å²) in [7, 11) is 0. The number of hydrogen-bond acceptors (Lipinski definition) is 6. The molecule has 3 aromatic heterocycles. The SMILES string of the molecule is Cc1ccc2nc(N3C(=O)C(=O)/C(=C(/O)c4c(C)nc5ccccn45)C3c3ccccc3)sc2c1. The summed E-state index contributed by atoms with van der Waals surface area (Å²) >= 11 is 1.35. The number of hydrogen-bond donors (Lipinski definition) is 1. The number of aromatic nitrogens is 3. The molecule has 0 spiro atoms. The average molecular weight is 481 g/mol. The lowest BCUT2D eigenvalue weighted by atomic mass is 9.96. The van der Waals surface area contributed by atoms with Gasteiger partial charge in [-0.25, -0.2) is 9.97 Å². The lowest BCUT2D eigenvalue weighted by Crippen LogP contribution is -2.29. The summed E-state index contributed by atoms with van der Waals surface area (Å²) in [5.74, 6) is -1.73. The minimum absolute atomic E-state index is 0.0189. The highest BCUT2D eigenvalue weighted by atomic mass is 32.1. The number of amides is 1. The van der Waals surface area contributed by atoms with Crippen molar-refractivity contribution >= 4 is 49.8 Å². The molecule has 1 atom stereocenters. The largest absolute Gasteiger partial charge is 0.505 e. The predicted molar refractivity (Wildman–Crippen MR) is 136 cm³/mol. The Hall–Kier alpha value is -4.30. The van der Waals surface area contributed by atoms with Crippen molar-refractivity contribution in [1.29, 1.82) is 0 Å². The maximum absolute atomic E-state index is 13.5. The van der Waals surface area contributed by atoms with Gasteiger partial charge in [0.05, 0.1) is 27.5 Å². The first kappa shape index (κ1) is 21.2. The van der Waals surface area contributed by atoms with Crippen LogP contribution in [0.4, 0.5) is 5.13 Å². The molecule has 1 N–H and O–H groups in total. The number of pyridine rings is 1. The summed E-state index contributed by atoms with van der Waals surface area (Å²) in [6.45, 7) is 3.76. The molecule has 0 saturated carbocycles. The number of carbonyl (C=O) groups excluding carboxylic acids is 2. The number of aryl methyl sites for hydroxylation is 2. The van der Waals surface area contributed by atoms with Crippen LogP contribution in [-0.4, -0.2) is 31.2 Å². The Morgan fingerprint density at radius 2 is 1.74 bits per heavy atom. The Bertz CT molecular complexity index is 1680. The second-order valence-corrected chi connectivity index (χ2v) is 9.53. The Kier molecular flexibility index (Phi) is 4.79. The molecule has 7 nitrogen and oxygen atoms in total. The number of Topliss-reactive ketones (excluding diaryl/α,β-unsaturated/α-hetero) is 1. The summed E-state index contributed by atoms with van der Waals surface area (Å²) < 4.78 is 2.65. The number of aliphatic hydroxyl groups is 1. The summed E-state index contributed by atoms with van der Waals surface area (Å²) in [6.07, 6.45) is 1.77. The number of imidazole rings is 1. The van der Waals surface area contributed by atoms with Crippen LogP contribution in [0.2, 0.25) is 0 Å². The van der Waals surface area contributed by atoms with E-state index in [-0.39, 0.29) is 11.3 Å². The van der Waals surface area contributed by atoms with E-state index < -0.39 is 17.7 Å². The van der Waals surface area contributed by atoms with Crippen LogP contribution in [0.5, 0.6) is 0 Å². The highest BCUT2D eigenvalue weighted by molar-refractivity contribution is 7.22. The van der Waals surface area contributed by atoms with Crippen molar-refractivity contribution in [2.45, 2.75) is 19.9 Å². The molecular weight excluding hydrogens is 460 g/mol. The number of ketones is 1. The van der Waals surface area contributed by atoms with Gasteiger partial charge in [0.15, 0.2) is 10.9 Å². The third-order valence-electron chi connectivity index (χ3n) is 6.23. The van der Waals surface area contributed by atoms with Crippen molar-refractivity contribution < 1.29 is 14.7 Å². The molecule has 2 aromatic carbocycles. The maximum Gasteiger partial charge on any atom is 0.301 e. The van der Waals surface area contributed by atoms with Crippen LogP contribution in [0.15, 0.2) is 78.5 Å². The summed E-state index contributed by atoms with van der Waals surface area (Å²) in [6, 6.07) is 19.8. The lowest BCUT2D eigenvalue weighted by Gasteiger charge is -2.22. The molecule has 0 aliphatic carbocycles. The van der Waals surface area contributed by atoms with Gasteiger partial charge in [-0.05, 0) is 49.2 Å². The number of anilines is 1. The van der Waals surface area contributed by atoms with Gasteiger partial charge in [0, 0.05) is 6.20 Å². The highest BCUT2D eigenvalue weighted by Gasteiger charge is 2.48. The fourth-order valence-corrected chi connectivity index (χ4v) is 5.72. The minimum atomic E-state index is -0.827. The first-order valence-electron chi connectivity index (χ1n) is 11.1. The number of thiazole rings is 1. The van der Waals surface area contributed by atoms with Gasteiger partial charge >= 0.3 is 5.91 Å². The zero-order valence-electron chi connectivity index (χ0n) is 19.0. The average Bonchev–Trinajstić information content (AvgIpc) is 3.50. The second kappa shape index (κ2) is 7.89. The van der Waals surface area contributed by atoms with Crippen LogP contribution >= 0.6 is 11.3 Å². The fraction of sp³-hybridized carbons (Fsp3) is 0.111. The molecule has 1 amide bonds. The van der Waals surface area contributed by atoms with Crippen LogP contribution in [0.25, 0.3) is 21.6 Å². The molecule has 1 aliphatic rings. The molecule has 4 heterocycles. The number of nitrogens with zero attached hydrogens (tertiary/aromatic N) is 4. The van der Waals surface area contributed by atoms with Gasteiger partial charge in [-0.3, -0.25) is 18.9 Å².